The van der Waals surface area contributed by atoms with Crippen LogP contribution in [0.1, 0.15) is 0 Å². The molecule has 0 spiro atoms. The minimum Gasteiger partial charge on any atom is -2.00 e. The van der Waals surface area contributed by atoms with Crippen molar-refractivity contribution in [1.29, 1.82) is 0 Å². The average molecular weight is 1100 g/mol. The van der Waals surface area contributed by atoms with Crippen LogP contribution < -0.4 is 0 Å². The summed E-state index contributed by atoms with van der Waals surface area (Å²) >= 11 is 0. The molecule has 0 fully saturated rings. The van der Waals surface area contributed by atoms with Crippen LogP contribution in [-0.4, -0.2) is 625 Å². The van der Waals surface area contributed by atoms with E-state index in [4.69, 9.17) is 0 Å². The van der Waals surface area contributed by atoms with Gasteiger partial charge < -0.3 is 159 Å². The maximum absolute atomic E-state index is 0. The van der Waals surface area contributed by atoms with Crippen LogP contribution in [-0.2, 0) is 159 Å². The quantitative estimate of drug-likeness (QED) is 0.204. The van der Waals surface area contributed by atoms with E-state index in [1.54, 1.807) is 0 Å². The molecule has 0 rings (SSSR count). The second kappa shape index (κ2) is 1380. The van der Waals surface area contributed by atoms with Crippen molar-refractivity contribution in [1.82, 2.24) is 0 Å². The van der Waals surface area contributed by atoms with Gasteiger partial charge in [0.05, 0.1) is 0 Å². The van der Waals surface area contributed by atoms with Gasteiger partial charge in [0.15, 0.2) is 0 Å². The summed E-state index contributed by atoms with van der Waals surface area (Å²) in [5, 5.41) is 0. The maximum Gasteiger partial charge on any atom is 2.00 e. The molecule has 0 atom stereocenters. The first-order valence-corrected chi connectivity index (χ1v) is 0. The van der Waals surface area contributed by atoms with Crippen molar-refractivity contribution in [2.45, 2.75) is 0 Å². The monoisotopic (exact) mass is 1100 g/mol. The molecule has 0 aromatic rings. The largest absolute Gasteiger partial charge is 2.00 e. The van der Waals surface area contributed by atoms with E-state index in [1.807, 2.05) is 0 Å². The molecule has 0 aromatic heterocycles. The van der Waals surface area contributed by atoms with Crippen LogP contribution in [0.25, 0.3) is 0 Å². The molecule has 0 radical (unpaired) electrons. The van der Waals surface area contributed by atoms with Gasteiger partial charge >= 0.3 is 625 Å². The summed E-state index contributed by atoms with van der Waals surface area (Å²) in [7, 11) is 0. The first kappa shape index (κ1) is 1440. The molecule has 0 heterocycles. The maximum atomic E-state index is 0. The molecule has 0 saturated heterocycles. The molecule has 0 N–H and O–H groups in total. The molecule has 0 aliphatic carbocycles. The smallest absolute Gasteiger partial charge is 2.00 e. The van der Waals surface area contributed by atoms with Gasteiger partial charge in [-0.25, -0.2) is 0 Å². The van der Waals surface area contributed by atoms with Crippen LogP contribution in [0.4, 0.5) is 0 Å². The van der Waals surface area contributed by atoms with Gasteiger partial charge in [-0.15, -0.1) is 0 Å². The minimum absolute atomic E-state index is 0. The Labute approximate surface area is 763 Å². The summed E-state index contributed by atoms with van der Waals surface area (Å²) in [5.41, 5.74) is 0. The van der Waals surface area contributed by atoms with Crippen molar-refractivity contribution in [3.63, 3.8) is 0 Å². The zero-order chi connectivity index (χ0) is 0. The van der Waals surface area contributed by atoms with E-state index in [1.165, 1.54) is 0 Å². The Morgan fingerprint density at radius 3 is 0.0517 bits per heavy atom. The van der Waals surface area contributed by atoms with Gasteiger partial charge in [-0.1, -0.05) is 0 Å². The van der Waals surface area contributed by atoms with Crippen molar-refractivity contribution in [3.05, 3.63) is 0 Å². The standard InChI is InChI=1S/17Be.12Ca.29O/q29*+2;29*-2. The van der Waals surface area contributed by atoms with Crippen molar-refractivity contribution >= 4 is 625 Å². The zero-order valence-corrected chi connectivity index (χ0v) is 58.8. The molecule has 58 heteroatoms. The van der Waals surface area contributed by atoms with Crippen molar-refractivity contribution in [2.75, 3.05) is 0 Å². The Balaban J connectivity index is 0. The third-order valence-electron chi connectivity index (χ3n) is 0. The molecule has 232 valence electrons. The van der Waals surface area contributed by atoms with Gasteiger partial charge in [0.25, 0.3) is 0 Å². The van der Waals surface area contributed by atoms with E-state index < -0.39 is 0 Å². The summed E-state index contributed by atoms with van der Waals surface area (Å²) in [6, 6.07) is 0. The van der Waals surface area contributed by atoms with Crippen LogP contribution >= 0.6 is 0 Å². The predicted molar refractivity (Wildman–Crippen MR) is 187 cm³/mol. The molecule has 58 heavy (non-hydrogen) atoms. The van der Waals surface area contributed by atoms with Gasteiger partial charge in [-0.3, -0.25) is 0 Å². The van der Waals surface area contributed by atoms with Crippen LogP contribution in [0.15, 0.2) is 0 Å². The fourth-order valence-corrected chi connectivity index (χ4v) is 0. The summed E-state index contributed by atoms with van der Waals surface area (Å²) in [4.78, 5) is 0. The molecule has 0 unspecified atom stereocenters. The molecular formula is Be17Ca12O29. The van der Waals surface area contributed by atoms with Crippen molar-refractivity contribution in [3.8, 4) is 0 Å². The Morgan fingerprint density at radius 1 is 0.0517 bits per heavy atom. The third kappa shape index (κ3) is 1330. The zero-order valence-electron chi connectivity index (χ0n) is 32.3. The van der Waals surface area contributed by atoms with Crippen LogP contribution in [0.5, 0.6) is 0 Å². The fraction of sp³-hybridized carbons (Fsp3) is 0. The van der Waals surface area contributed by atoms with Gasteiger partial charge in [0.2, 0.25) is 0 Å². The summed E-state index contributed by atoms with van der Waals surface area (Å²) < 4.78 is 0. The van der Waals surface area contributed by atoms with Crippen molar-refractivity contribution in [2.24, 2.45) is 0 Å². The van der Waals surface area contributed by atoms with E-state index in [0.717, 1.165) is 0 Å². The topological polar surface area (TPSA) is 826 Å². The Bertz CT molecular complexity index is 86.4. The molecule has 0 aromatic carbocycles. The van der Waals surface area contributed by atoms with Crippen LogP contribution in [0.3, 0.4) is 0 Å². The Hall–Kier alpha value is 16.8. The predicted octanol–water partition coefficient (Wildman–Crippen LogP) is -14.5. The van der Waals surface area contributed by atoms with Gasteiger partial charge in [0.1, 0.15) is 0 Å². The van der Waals surface area contributed by atoms with Crippen LogP contribution in [0, 0.1) is 0 Å². The second-order valence-corrected chi connectivity index (χ2v) is 0. The summed E-state index contributed by atoms with van der Waals surface area (Å²) in [5.74, 6) is 0. The molecule has 29 nitrogen and oxygen atoms in total. The summed E-state index contributed by atoms with van der Waals surface area (Å²) in [6.45, 7) is 0. The van der Waals surface area contributed by atoms with Crippen LogP contribution in [0.2, 0.25) is 0 Å². The van der Waals surface area contributed by atoms with Gasteiger partial charge in [0, 0.05) is 0 Å². The van der Waals surface area contributed by atoms with E-state index in [0.29, 0.717) is 0 Å². The summed E-state index contributed by atoms with van der Waals surface area (Å²) in [6.07, 6.45) is 0. The van der Waals surface area contributed by atoms with Gasteiger partial charge in [-0.05, 0) is 0 Å². The minimum atomic E-state index is 0. The van der Waals surface area contributed by atoms with E-state index in [9.17, 15) is 0 Å². The molecule has 0 aliphatic heterocycles. The Kier molecular flexibility index (Phi) is 34300. The van der Waals surface area contributed by atoms with E-state index in [2.05, 4.69) is 0 Å². The first-order valence-electron chi connectivity index (χ1n) is 0. The normalized spacial score (nSPS) is 0. The van der Waals surface area contributed by atoms with E-state index >= 15 is 0 Å². The molecule has 0 bridgehead atoms. The number of hydrogen-bond donors (Lipinski definition) is 0. The number of rotatable bonds is 0. The molecule has 0 amide bonds. The second-order valence-electron chi connectivity index (χ2n) is 0. The fourth-order valence-electron chi connectivity index (χ4n) is 0. The SMILES string of the molecule is [Be+2].[Be+2].[Be+2].[Be+2].[Be+2].[Be+2].[Be+2].[Be+2].[Be+2].[Be+2].[Be+2].[Be+2].[Be+2].[Be+2].[Be+2].[Be+2].[Be+2].[Ca+2].[Ca+2].[Ca+2].[Ca+2].[Ca+2].[Ca+2].[Ca+2].[Ca+2].[Ca+2].[Ca+2].[Ca+2].[Ca+2].[O-2].[O-2].[O-2].[O-2].[O-2].[O-2].[O-2].[O-2].[O-2].[O-2].[O-2].[O-2].[O-2].[O-2].[O-2].[O-2].[O-2].[O-2].[O-2].[O-2].[O-2].[O-2].[O-2].[O-2].[O-2].[O-2].[O-2].[O-2].[O-2]. The Morgan fingerprint density at radius 2 is 0.0517 bits per heavy atom. The van der Waals surface area contributed by atoms with Gasteiger partial charge in [-0.2, -0.15) is 0 Å². The molecule has 0 aliphatic rings. The first-order chi connectivity index (χ1) is 0. The van der Waals surface area contributed by atoms with E-state index in [-0.39, 0.29) is 784 Å². The van der Waals surface area contributed by atoms with Crippen molar-refractivity contribution < 1.29 is 159 Å². The number of hydrogen-bond acceptors (Lipinski definition) is 0. The average Bonchev–Trinajstić information content (AvgIpc) is 0. The molecular weight excluding hydrogens is 1100 g/mol. The molecule has 0 saturated carbocycles. The third-order valence-corrected chi connectivity index (χ3v) is 0.